The number of esters is 1. The van der Waals surface area contributed by atoms with Gasteiger partial charge in [0.05, 0.1) is 10.9 Å². The molecule has 3 N–H and O–H groups in total. The second-order valence-corrected chi connectivity index (χ2v) is 9.18. The molecule has 2 atom stereocenters. The minimum Gasteiger partial charge on any atom is -0.455 e. The molecule has 11 heteroatoms. The van der Waals surface area contributed by atoms with Crippen LogP contribution in [0, 0.1) is 0 Å². The number of carbonyl (C=O) groups excluding carboxylic acids is 2. The Morgan fingerprint density at radius 1 is 1.21 bits per heavy atom. The van der Waals surface area contributed by atoms with Gasteiger partial charge in [-0.15, -0.1) is 0 Å². The first-order chi connectivity index (χ1) is 13.1. The second-order valence-electron chi connectivity index (χ2n) is 6.07. The molecule has 0 bridgehead atoms. The highest BCUT2D eigenvalue weighted by molar-refractivity contribution is 7.90. The molecule has 28 heavy (non-hydrogen) atoms. The number of amides is 1. The fourth-order valence-electron chi connectivity index (χ4n) is 2.34. The fourth-order valence-corrected chi connectivity index (χ4v) is 3.10. The van der Waals surface area contributed by atoms with Crippen molar-refractivity contribution in [2.45, 2.75) is 41.1 Å². The van der Waals surface area contributed by atoms with Crippen molar-refractivity contribution in [2.24, 2.45) is 5.73 Å². The third kappa shape index (κ3) is 7.90. The highest BCUT2D eigenvalue weighted by Gasteiger charge is 2.30. The average molecular weight is 457 g/mol. The molecule has 0 fully saturated rings. The van der Waals surface area contributed by atoms with E-state index < -0.39 is 45.4 Å². The maximum atomic E-state index is 13.6. The Balaban J connectivity index is 3.11. The van der Waals surface area contributed by atoms with E-state index >= 15 is 0 Å². The van der Waals surface area contributed by atoms with Gasteiger partial charge in [-0.3, -0.25) is 9.59 Å². The largest absolute Gasteiger partial charge is 0.455 e. The van der Waals surface area contributed by atoms with Crippen LogP contribution in [0.1, 0.15) is 30.9 Å². The molecule has 7 nitrogen and oxygen atoms in total. The van der Waals surface area contributed by atoms with Gasteiger partial charge in [0.2, 0.25) is 0 Å². The molecule has 0 aromatic heterocycles. The number of ether oxygens (including phenoxy) is 1. The van der Waals surface area contributed by atoms with Gasteiger partial charge in [-0.1, -0.05) is 35.3 Å². The Morgan fingerprint density at radius 2 is 1.82 bits per heavy atom. The molecule has 1 amide bonds. The van der Waals surface area contributed by atoms with Crippen molar-refractivity contribution in [3.8, 4) is 0 Å². The molecule has 0 aliphatic heterocycles. The van der Waals surface area contributed by atoms with Gasteiger partial charge in [0.1, 0.15) is 12.8 Å². The zero-order valence-electron chi connectivity index (χ0n) is 15.2. The first-order valence-corrected chi connectivity index (χ1v) is 11.2. The molecular formula is C17H23Cl2FN2O5S. The monoisotopic (exact) mass is 456 g/mol. The van der Waals surface area contributed by atoms with Gasteiger partial charge in [-0.2, -0.15) is 0 Å². The second kappa shape index (κ2) is 11.5. The molecule has 1 aromatic rings. The summed E-state index contributed by atoms with van der Waals surface area (Å²) < 4.78 is 42.2. The molecule has 1 aromatic carbocycles. The molecular weight excluding hydrogens is 434 g/mol. The third-order valence-electron chi connectivity index (χ3n) is 3.79. The number of benzene rings is 1. The predicted octanol–water partition coefficient (Wildman–Crippen LogP) is 2.06. The predicted molar refractivity (Wildman–Crippen MR) is 105 cm³/mol. The van der Waals surface area contributed by atoms with Crippen molar-refractivity contribution in [3.63, 3.8) is 0 Å². The Bertz CT molecular complexity index is 759. The average Bonchev–Trinajstić information content (AvgIpc) is 2.63. The van der Waals surface area contributed by atoms with Crippen LogP contribution in [-0.4, -0.2) is 50.6 Å². The summed E-state index contributed by atoms with van der Waals surface area (Å²) in [5, 5.41) is 2.29. The smallest absolute Gasteiger partial charge is 0.306 e. The number of carbonyl (C=O) groups is 2. The van der Waals surface area contributed by atoms with Gasteiger partial charge >= 0.3 is 5.97 Å². The summed E-state index contributed by atoms with van der Waals surface area (Å²) in [6.45, 7) is -0.652. The zero-order valence-corrected chi connectivity index (χ0v) is 17.6. The summed E-state index contributed by atoms with van der Waals surface area (Å²) in [5.74, 6) is -1.45. The van der Waals surface area contributed by atoms with Gasteiger partial charge < -0.3 is 15.8 Å². The van der Waals surface area contributed by atoms with Crippen LogP contribution in [0.15, 0.2) is 29.2 Å². The van der Waals surface area contributed by atoms with E-state index in [0.29, 0.717) is 24.9 Å². The Kier molecular flexibility index (Phi) is 10.2. The lowest BCUT2D eigenvalue weighted by Crippen LogP contribution is -2.44. The number of unbranched alkanes of at least 4 members (excludes halogenated alkanes) is 1. The van der Waals surface area contributed by atoms with Crippen molar-refractivity contribution in [1.29, 1.82) is 0 Å². The zero-order chi connectivity index (χ0) is 21.3. The van der Waals surface area contributed by atoms with Crippen LogP contribution in [0.4, 0.5) is 4.39 Å². The number of hydrogen-bond acceptors (Lipinski definition) is 6. The highest BCUT2D eigenvalue weighted by Crippen LogP contribution is 2.25. The molecule has 0 radical (unpaired) electrons. The number of alkyl halides is 3. The van der Waals surface area contributed by atoms with E-state index in [9.17, 15) is 22.4 Å². The minimum absolute atomic E-state index is 0.0479. The standard InChI is InChI=1S/C17H23Cl2FN2O5S/c1-28(25,26)12-7-5-11(6-8-12)15(27-14(23)4-2-3-9-21)13(10-20)22-17(24)16(18)19/h5-8,13,15-16H,2-4,9-10,21H2,1H3,(H,22,24). The van der Waals surface area contributed by atoms with E-state index in [4.69, 9.17) is 33.7 Å². The summed E-state index contributed by atoms with van der Waals surface area (Å²) in [7, 11) is -3.44. The summed E-state index contributed by atoms with van der Waals surface area (Å²) in [5.41, 5.74) is 5.69. The van der Waals surface area contributed by atoms with Crippen LogP contribution < -0.4 is 11.1 Å². The molecule has 0 saturated carbocycles. The molecule has 0 heterocycles. The van der Waals surface area contributed by atoms with Crippen molar-refractivity contribution in [1.82, 2.24) is 5.32 Å². The van der Waals surface area contributed by atoms with Crippen molar-refractivity contribution < 1.29 is 27.1 Å². The first-order valence-electron chi connectivity index (χ1n) is 8.44. The third-order valence-corrected chi connectivity index (χ3v) is 5.31. The van der Waals surface area contributed by atoms with Crippen LogP contribution in [0.2, 0.25) is 0 Å². The molecule has 2 unspecified atom stereocenters. The number of hydrogen-bond donors (Lipinski definition) is 2. The fraction of sp³-hybridized carbons (Fsp3) is 0.529. The van der Waals surface area contributed by atoms with Gasteiger partial charge in [-0.05, 0) is 37.1 Å². The van der Waals surface area contributed by atoms with Crippen LogP contribution in [0.25, 0.3) is 0 Å². The Labute approximate surface area is 173 Å². The SMILES string of the molecule is CS(=O)(=O)c1ccc(C(OC(=O)CCCCN)C(CF)NC(=O)C(Cl)Cl)cc1. The number of sulfone groups is 1. The van der Waals surface area contributed by atoms with E-state index in [1.165, 1.54) is 24.3 Å². The molecule has 158 valence electrons. The maximum Gasteiger partial charge on any atom is 0.306 e. The van der Waals surface area contributed by atoms with E-state index in [-0.39, 0.29) is 11.3 Å². The molecule has 0 spiro atoms. The number of rotatable bonds is 11. The van der Waals surface area contributed by atoms with Crippen LogP contribution >= 0.6 is 23.2 Å². The molecule has 0 aliphatic carbocycles. The quantitative estimate of drug-likeness (QED) is 0.299. The van der Waals surface area contributed by atoms with E-state index in [1.807, 2.05) is 0 Å². The van der Waals surface area contributed by atoms with E-state index in [1.54, 1.807) is 0 Å². The topological polar surface area (TPSA) is 116 Å². The van der Waals surface area contributed by atoms with Crippen LogP contribution in [0.3, 0.4) is 0 Å². The molecule has 0 saturated heterocycles. The van der Waals surface area contributed by atoms with Gasteiger partial charge in [0.15, 0.2) is 14.7 Å². The van der Waals surface area contributed by atoms with Gasteiger partial charge in [-0.25, -0.2) is 12.8 Å². The van der Waals surface area contributed by atoms with Crippen LogP contribution in [-0.2, 0) is 24.2 Å². The van der Waals surface area contributed by atoms with Gasteiger partial charge in [0.25, 0.3) is 5.91 Å². The molecule has 0 aliphatic rings. The summed E-state index contributed by atoms with van der Waals surface area (Å²) in [4.78, 5) is 22.5. The van der Waals surface area contributed by atoms with Crippen molar-refractivity contribution >= 4 is 44.9 Å². The maximum absolute atomic E-state index is 13.6. The first kappa shape index (κ1) is 24.6. The normalized spacial score (nSPS) is 13.8. The lowest BCUT2D eigenvalue weighted by atomic mass is 10.0. The summed E-state index contributed by atoms with van der Waals surface area (Å²) >= 11 is 11.0. The summed E-state index contributed by atoms with van der Waals surface area (Å²) in [6.07, 6.45) is 1.03. The highest BCUT2D eigenvalue weighted by atomic mass is 35.5. The Hall–Kier alpha value is -1.42. The van der Waals surface area contributed by atoms with Gasteiger partial charge in [0, 0.05) is 12.7 Å². The number of nitrogens with two attached hydrogens (primary N) is 1. The summed E-state index contributed by atoms with van der Waals surface area (Å²) in [6, 6.07) is 4.14. The van der Waals surface area contributed by atoms with E-state index in [0.717, 1.165) is 6.26 Å². The van der Waals surface area contributed by atoms with E-state index in [2.05, 4.69) is 5.32 Å². The van der Waals surface area contributed by atoms with Crippen molar-refractivity contribution in [3.05, 3.63) is 29.8 Å². The lowest BCUT2D eigenvalue weighted by molar-refractivity contribution is -0.152. The van der Waals surface area contributed by atoms with Crippen LogP contribution in [0.5, 0.6) is 0 Å². The lowest BCUT2D eigenvalue weighted by Gasteiger charge is -2.26. The van der Waals surface area contributed by atoms with Crippen molar-refractivity contribution in [2.75, 3.05) is 19.5 Å². The minimum atomic E-state index is -3.44. The number of nitrogens with one attached hydrogen (secondary N) is 1. The molecule has 1 rings (SSSR count). The Morgan fingerprint density at radius 3 is 2.29 bits per heavy atom. The number of halogens is 3.